The largest absolute Gasteiger partial charge is 0.468 e. The predicted molar refractivity (Wildman–Crippen MR) is 94.5 cm³/mol. The summed E-state index contributed by atoms with van der Waals surface area (Å²) < 4.78 is 9.20. The second kappa shape index (κ2) is 9.54. The number of nitrogens with one attached hydrogen (secondary N) is 2. The van der Waals surface area contributed by atoms with E-state index in [1.165, 1.54) is 13.3 Å². The molecule has 1 amide bonds. The Morgan fingerprint density at radius 3 is 2.33 bits per heavy atom. The van der Waals surface area contributed by atoms with Crippen LogP contribution in [0.25, 0.3) is 0 Å². The van der Waals surface area contributed by atoms with Gasteiger partial charge in [0.25, 0.3) is 0 Å². The Morgan fingerprint density at radius 2 is 1.88 bits per heavy atom. The van der Waals surface area contributed by atoms with Gasteiger partial charge in [0.05, 0.1) is 7.11 Å². The summed E-state index contributed by atoms with van der Waals surface area (Å²) in [6.45, 7) is 9.00. The fourth-order valence-electron chi connectivity index (χ4n) is 1.66. The molecule has 7 nitrogen and oxygen atoms in total. The molecule has 0 aliphatic rings. The number of aryl methyl sites for hydroxylation is 2. The van der Waals surface area contributed by atoms with Crippen molar-refractivity contribution in [3.63, 3.8) is 0 Å². The number of nitrogen functional groups attached to an aromatic ring is 1. The molecule has 0 spiro atoms. The molecule has 0 aliphatic heterocycles. The highest BCUT2D eigenvalue weighted by Crippen LogP contribution is 2.16. The van der Waals surface area contributed by atoms with Crippen molar-refractivity contribution >= 4 is 24.0 Å². The van der Waals surface area contributed by atoms with Gasteiger partial charge in [-0.2, -0.15) is 0 Å². The van der Waals surface area contributed by atoms with Crippen molar-refractivity contribution < 1.29 is 19.1 Å². The summed E-state index contributed by atoms with van der Waals surface area (Å²) in [6.07, 6.45) is 0.660. The number of anilines is 1. The first-order valence-corrected chi connectivity index (χ1v) is 7.41. The lowest BCUT2D eigenvalue weighted by molar-refractivity contribution is -0.139. The zero-order chi connectivity index (χ0) is 18.9. The van der Waals surface area contributed by atoms with E-state index in [1.807, 2.05) is 26.0 Å². The number of hydrogen-bond donors (Lipinski definition) is 3. The van der Waals surface area contributed by atoms with Crippen LogP contribution in [0.1, 0.15) is 37.5 Å². The molecule has 0 unspecified atom stereocenters. The lowest BCUT2D eigenvalue weighted by Crippen LogP contribution is -2.35. The van der Waals surface area contributed by atoms with E-state index >= 15 is 0 Å². The Balaban J connectivity index is 0.000000446. The number of ether oxygens (including phenoxy) is 2. The monoisotopic (exact) mass is 337 g/mol. The fraction of sp³-hybridized carbons (Fsp3) is 0.471. The minimum Gasteiger partial charge on any atom is -0.468 e. The van der Waals surface area contributed by atoms with Crippen LogP contribution in [-0.4, -0.2) is 37.5 Å². The van der Waals surface area contributed by atoms with Gasteiger partial charge in [-0.15, -0.1) is 0 Å². The molecule has 0 bridgehead atoms. The van der Waals surface area contributed by atoms with Crippen molar-refractivity contribution in [1.82, 2.24) is 5.32 Å². The van der Waals surface area contributed by atoms with Crippen LogP contribution >= 0.6 is 0 Å². The van der Waals surface area contributed by atoms with Crippen LogP contribution in [0.2, 0.25) is 0 Å². The molecule has 1 rings (SSSR count). The summed E-state index contributed by atoms with van der Waals surface area (Å²) in [5, 5.41) is 9.33. The molecule has 4 N–H and O–H groups in total. The molecule has 1 aromatic carbocycles. The summed E-state index contributed by atoms with van der Waals surface area (Å²) in [6, 6.07) is 3.93. The third-order valence-corrected chi connectivity index (χ3v) is 2.72. The van der Waals surface area contributed by atoms with Gasteiger partial charge < -0.3 is 25.9 Å². The second-order valence-corrected chi connectivity index (χ2v) is 6.16. The molecular weight excluding hydrogens is 310 g/mol. The Hall–Kier alpha value is -2.57. The Kier molecular flexibility index (Phi) is 8.52. The van der Waals surface area contributed by atoms with Gasteiger partial charge in [-0.3, -0.25) is 4.79 Å². The summed E-state index contributed by atoms with van der Waals surface area (Å²) >= 11 is 0. The van der Waals surface area contributed by atoms with E-state index in [9.17, 15) is 9.59 Å². The van der Waals surface area contributed by atoms with Gasteiger partial charge >= 0.3 is 12.1 Å². The molecule has 24 heavy (non-hydrogen) atoms. The predicted octanol–water partition coefficient (Wildman–Crippen LogP) is 2.57. The minimum atomic E-state index is -0.627. The normalized spacial score (nSPS) is 10.1. The van der Waals surface area contributed by atoms with Crippen molar-refractivity contribution in [2.24, 2.45) is 0 Å². The SMILES string of the molecule is COC(=O)CNC(=O)OC(C)(C)C.Cc1cc(C)c(N)c(C=N)c1. The number of rotatable bonds is 3. The number of carbonyl (C=O) groups excluding carboxylic acids is 2. The maximum atomic E-state index is 10.9. The van der Waals surface area contributed by atoms with Crippen molar-refractivity contribution in [3.05, 3.63) is 28.8 Å². The first-order chi connectivity index (χ1) is 11.0. The second-order valence-electron chi connectivity index (χ2n) is 6.16. The molecule has 134 valence electrons. The van der Waals surface area contributed by atoms with Crippen LogP contribution < -0.4 is 11.1 Å². The van der Waals surface area contributed by atoms with E-state index < -0.39 is 17.7 Å². The van der Waals surface area contributed by atoms with Crippen molar-refractivity contribution in [3.8, 4) is 0 Å². The molecule has 0 fully saturated rings. The maximum Gasteiger partial charge on any atom is 0.408 e. The number of benzene rings is 1. The number of nitrogens with two attached hydrogens (primary N) is 1. The van der Waals surface area contributed by atoms with Gasteiger partial charge in [0.1, 0.15) is 12.1 Å². The third-order valence-electron chi connectivity index (χ3n) is 2.72. The third kappa shape index (κ3) is 8.77. The van der Waals surface area contributed by atoms with Crippen LogP contribution in [-0.2, 0) is 14.3 Å². The van der Waals surface area contributed by atoms with Gasteiger partial charge in [0.15, 0.2) is 0 Å². The highest BCUT2D eigenvalue weighted by atomic mass is 16.6. The van der Waals surface area contributed by atoms with Gasteiger partial charge in [-0.25, -0.2) is 4.79 Å². The highest BCUT2D eigenvalue weighted by Gasteiger charge is 2.16. The van der Waals surface area contributed by atoms with Crippen LogP contribution in [0, 0.1) is 19.3 Å². The quantitative estimate of drug-likeness (QED) is 0.445. The Labute approximate surface area is 143 Å². The molecule has 0 heterocycles. The lowest BCUT2D eigenvalue weighted by Gasteiger charge is -2.19. The maximum absolute atomic E-state index is 10.9. The molecule has 7 heteroatoms. The molecular formula is C17H27N3O4. The molecule has 0 saturated carbocycles. The summed E-state index contributed by atoms with van der Waals surface area (Å²) in [5.41, 5.74) is 8.87. The zero-order valence-corrected chi connectivity index (χ0v) is 15.1. The standard InChI is InChI=1S/C9H12N2.C8H15NO4/c1-6-3-7(2)9(11)8(4-6)5-10;1-8(2,3)13-7(11)9-5-6(10)12-4/h3-5,10H,11H2,1-2H3;5H2,1-4H3,(H,9,11). The number of amides is 1. The topological polar surface area (TPSA) is 114 Å². The van der Waals surface area contributed by atoms with Gasteiger partial charge in [-0.1, -0.05) is 11.6 Å². The van der Waals surface area contributed by atoms with Crippen LogP contribution in [0.15, 0.2) is 12.1 Å². The fourth-order valence-corrected chi connectivity index (χ4v) is 1.66. The first-order valence-electron chi connectivity index (χ1n) is 7.41. The molecule has 0 atom stereocenters. The number of methoxy groups -OCH3 is 1. The van der Waals surface area contributed by atoms with Crippen LogP contribution in [0.5, 0.6) is 0 Å². The smallest absolute Gasteiger partial charge is 0.408 e. The highest BCUT2D eigenvalue weighted by molar-refractivity contribution is 5.86. The first kappa shape index (κ1) is 21.4. The average molecular weight is 337 g/mol. The number of carbonyl (C=O) groups is 2. The number of alkyl carbamates (subject to hydrolysis) is 1. The van der Waals surface area contributed by atoms with Crippen molar-refractivity contribution in [2.45, 2.75) is 40.2 Å². The summed E-state index contributed by atoms with van der Waals surface area (Å²) in [7, 11) is 1.25. The molecule has 1 aromatic rings. The lowest BCUT2D eigenvalue weighted by atomic mass is 10.1. The van der Waals surface area contributed by atoms with Gasteiger partial charge in [0, 0.05) is 17.5 Å². The van der Waals surface area contributed by atoms with Gasteiger partial charge in [-0.05, 0) is 46.2 Å². The average Bonchev–Trinajstić information content (AvgIpc) is 2.47. The van der Waals surface area contributed by atoms with Crippen LogP contribution in [0.4, 0.5) is 10.5 Å². The summed E-state index contributed by atoms with van der Waals surface area (Å²) in [4.78, 5) is 21.5. The van der Waals surface area contributed by atoms with Gasteiger partial charge in [0.2, 0.25) is 0 Å². The van der Waals surface area contributed by atoms with E-state index in [-0.39, 0.29) is 6.54 Å². The summed E-state index contributed by atoms with van der Waals surface area (Å²) in [5.74, 6) is -0.508. The molecule has 0 radical (unpaired) electrons. The Morgan fingerprint density at radius 1 is 1.29 bits per heavy atom. The van der Waals surface area contributed by atoms with E-state index in [1.54, 1.807) is 20.8 Å². The van der Waals surface area contributed by atoms with E-state index in [2.05, 4.69) is 10.1 Å². The van der Waals surface area contributed by atoms with E-state index in [0.717, 1.165) is 16.7 Å². The minimum absolute atomic E-state index is 0.175. The Bertz CT molecular complexity index is 592. The van der Waals surface area contributed by atoms with Crippen molar-refractivity contribution in [2.75, 3.05) is 19.4 Å². The van der Waals surface area contributed by atoms with Crippen molar-refractivity contribution in [1.29, 1.82) is 5.41 Å². The van der Waals surface area contributed by atoms with E-state index in [4.69, 9.17) is 15.9 Å². The number of esters is 1. The molecule has 0 aliphatic carbocycles. The van der Waals surface area contributed by atoms with Crippen LogP contribution in [0.3, 0.4) is 0 Å². The van der Waals surface area contributed by atoms with E-state index in [0.29, 0.717) is 5.69 Å². The molecule has 0 aromatic heterocycles. The zero-order valence-electron chi connectivity index (χ0n) is 15.1. The molecule has 0 saturated heterocycles. The number of hydrogen-bond acceptors (Lipinski definition) is 6.